The van der Waals surface area contributed by atoms with Gasteiger partial charge in [0.1, 0.15) is 0 Å². The molecule has 1 unspecified atom stereocenters. The van der Waals surface area contributed by atoms with Crippen molar-refractivity contribution in [3.63, 3.8) is 0 Å². The topological polar surface area (TPSA) is 55.5 Å². The summed E-state index contributed by atoms with van der Waals surface area (Å²) in [6.45, 7) is 1.03. The van der Waals surface area contributed by atoms with Crippen LogP contribution in [-0.2, 0) is 4.74 Å². The third-order valence-electron chi connectivity index (χ3n) is 2.15. The summed E-state index contributed by atoms with van der Waals surface area (Å²) < 4.78 is 6.39. The zero-order valence-corrected chi connectivity index (χ0v) is 11.2. The zero-order chi connectivity index (χ0) is 12.0. The van der Waals surface area contributed by atoms with E-state index in [1.807, 2.05) is 12.1 Å². The molecule has 0 aliphatic carbocycles. The first-order chi connectivity index (χ1) is 7.69. The van der Waals surface area contributed by atoms with Gasteiger partial charge < -0.3 is 15.6 Å². The lowest BCUT2D eigenvalue weighted by Crippen LogP contribution is -2.16. The molecule has 0 heterocycles. The number of nitrogens with two attached hydrogens (primary N) is 1. The van der Waals surface area contributed by atoms with E-state index < -0.39 is 0 Å². The van der Waals surface area contributed by atoms with E-state index in [0.717, 1.165) is 10.0 Å². The third kappa shape index (κ3) is 4.03. The van der Waals surface area contributed by atoms with Gasteiger partial charge in [-0.2, -0.15) is 0 Å². The van der Waals surface area contributed by atoms with E-state index in [-0.39, 0.29) is 12.7 Å². The van der Waals surface area contributed by atoms with Gasteiger partial charge in [-0.25, -0.2) is 0 Å². The van der Waals surface area contributed by atoms with Crippen molar-refractivity contribution in [2.75, 3.05) is 19.8 Å². The van der Waals surface area contributed by atoms with E-state index in [4.69, 9.17) is 27.2 Å². The van der Waals surface area contributed by atoms with Crippen molar-refractivity contribution in [1.82, 2.24) is 0 Å². The standard InChI is InChI=1S/C11H15BrClNO2/c12-9-6-8(2-3-10(9)13)11(7-14)16-5-1-4-15/h2-3,6,11,15H,1,4-5,7,14H2. The van der Waals surface area contributed by atoms with Gasteiger partial charge in [0.25, 0.3) is 0 Å². The first-order valence-corrected chi connectivity index (χ1v) is 6.23. The predicted octanol–water partition coefficient (Wildman–Crippen LogP) is 2.50. The Morgan fingerprint density at radius 3 is 2.81 bits per heavy atom. The lowest BCUT2D eigenvalue weighted by Gasteiger charge is -2.16. The maximum atomic E-state index is 8.67. The number of ether oxygens (including phenoxy) is 1. The maximum Gasteiger partial charge on any atom is 0.0947 e. The summed E-state index contributed by atoms with van der Waals surface area (Å²) in [5, 5.41) is 9.33. The molecule has 0 amide bonds. The second kappa shape index (κ2) is 7.25. The number of hydrogen-bond acceptors (Lipinski definition) is 3. The van der Waals surface area contributed by atoms with E-state index in [1.54, 1.807) is 6.07 Å². The van der Waals surface area contributed by atoms with E-state index >= 15 is 0 Å². The van der Waals surface area contributed by atoms with Gasteiger partial charge in [0.2, 0.25) is 0 Å². The molecule has 0 saturated heterocycles. The summed E-state index contributed by atoms with van der Waals surface area (Å²) in [5.74, 6) is 0. The van der Waals surface area contributed by atoms with Crippen LogP contribution in [0.2, 0.25) is 5.02 Å². The van der Waals surface area contributed by atoms with E-state index in [0.29, 0.717) is 24.6 Å². The second-order valence-electron chi connectivity index (χ2n) is 3.35. The Labute approximate surface area is 109 Å². The molecule has 1 atom stereocenters. The van der Waals surface area contributed by atoms with Crippen LogP contribution in [-0.4, -0.2) is 24.9 Å². The third-order valence-corrected chi connectivity index (χ3v) is 3.36. The van der Waals surface area contributed by atoms with Crippen LogP contribution in [0.15, 0.2) is 22.7 Å². The SMILES string of the molecule is NCC(OCCCO)c1ccc(Cl)c(Br)c1. The van der Waals surface area contributed by atoms with Crippen LogP contribution in [0.3, 0.4) is 0 Å². The van der Waals surface area contributed by atoms with Crippen LogP contribution in [0, 0.1) is 0 Å². The van der Waals surface area contributed by atoms with Gasteiger partial charge in [-0.3, -0.25) is 0 Å². The van der Waals surface area contributed by atoms with Crippen LogP contribution < -0.4 is 5.73 Å². The fraction of sp³-hybridized carbons (Fsp3) is 0.455. The molecule has 16 heavy (non-hydrogen) atoms. The molecule has 3 nitrogen and oxygen atoms in total. The molecule has 1 aromatic rings. The van der Waals surface area contributed by atoms with Crippen molar-refractivity contribution in [2.24, 2.45) is 5.73 Å². The molecule has 0 aromatic heterocycles. The highest BCUT2D eigenvalue weighted by molar-refractivity contribution is 9.10. The molecule has 90 valence electrons. The van der Waals surface area contributed by atoms with Gasteiger partial charge >= 0.3 is 0 Å². The Balaban J connectivity index is 2.67. The Kier molecular flexibility index (Phi) is 6.31. The van der Waals surface area contributed by atoms with Crippen LogP contribution in [0.25, 0.3) is 0 Å². The molecule has 1 rings (SSSR count). The average Bonchev–Trinajstić information content (AvgIpc) is 2.29. The molecule has 0 radical (unpaired) electrons. The van der Waals surface area contributed by atoms with Gasteiger partial charge in [0, 0.05) is 24.2 Å². The molecule has 0 aliphatic heterocycles. The van der Waals surface area contributed by atoms with Crippen molar-refractivity contribution in [3.05, 3.63) is 33.3 Å². The smallest absolute Gasteiger partial charge is 0.0947 e. The van der Waals surface area contributed by atoms with Crippen molar-refractivity contribution in [1.29, 1.82) is 0 Å². The van der Waals surface area contributed by atoms with Crippen LogP contribution in [0.1, 0.15) is 18.1 Å². The molecule has 1 aromatic carbocycles. The lowest BCUT2D eigenvalue weighted by molar-refractivity contribution is 0.0488. The summed E-state index contributed by atoms with van der Waals surface area (Å²) in [7, 11) is 0. The maximum absolute atomic E-state index is 8.67. The average molecular weight is 309 g/mol. The van der Waals surface area contributed by atoms with E-state index in [1.165, 1.54) is 0 Å². The van der Waals surface area contributed by atoms with E-state index in [9.17, 15) is 0 Å². The Hall–Kier alpha value is -0.130. The zero-order valence-electron chi connectivity index (χ0n) is 8.83. The number of rotatable bonds is 6. The number of hydrogen-bond donors (Lipinski definition) is 2. The molecule has 0 bridgehead atoms. The van der Waals surface area contributed by atoms with Crippen molar-refractivity contribution in [3.8, 4) is 0 Å². The molecular formula is C11H15BrClNO2. The molecular weight excluding hydrogens is 293 g/mol. The Morgan fingerprint density at radius 2 is 2.25 bits per heavy atom. The van der Waals surface area contributed by atoms with Gasteiger partial charge in [0.05, 0.1) is 11.1 Å². The molecule has 3 N–H and O–H groups in total. The van der Waals surface area contributed by atoms with Crippen LogP contribution >= 0.6 is 27.5 Å². The quantitative estimate of drug-likeness (QED) is 0.794. The molecule has 0 spiro atoms. The largest absolute Gasteiger partial charge is 0.396 e. The normalized spacial score (nSPS) is 12.8. The van der Waals surface area contributed by atoms with Crippen molar-refractivity contribution >= 4 is 27.5 Å². The highest BCUT2D eigenvalue weighted by Crippen LogP contribution is 2.27. The number of benzene rings is 1. The van der Waals surface area contributed by atoms with Gasteiger partial charge in [-0.1, -0.05) is 17.7 Å². The first-order valence-electron chi connectivity index (χ1n) is 5.06. The molecule has 0 fully saturated rings. The summed E-state index contributed by atoms with van der Waals surface area (Å²) in [5.41, 5.74) is 6.62. The Bertz CT molecular complexity index is 336. The summed E-state index contributed by atoms with van der Waals surface area (Å²) in [4.78, 5) is 0. The number of aliphatic hydroxyl groups is 1. The first kappa shape index (κ1) is 13.9. The fourth-order valence-corrected chi connectivity index (χ4v) is 1.82. The minimum atomic E-state index is -0.153. The van der Waals surface area contributed by atoms with Crippen LogP contribution in [0.5, 0.6) is 0 Å². The molecule has 0 aliphatic rings. The summed E-state index contributed by atoms with van der Waals surface area (Å²) in [6, 6.07) is 5.60. The molecule has 0 saturated carbocycles. The highest BCUT2D eigenvalue weighted by atomic mass is 79.9. The second-order valence-corrected chi connectivity index (χ2v) is 4.61. The highest BCUT2D eigenvalue weighted by Gasteiger charge is 2.11. The fourth-order valence-electron chi connectivity index (χ4n) is 1.30. The van der Waals surface area contributed by atoms with Crippen molar-refractivity contribution < 1.29 is 9.84 Å². The Morgan fingerprint density at radius 1 is 1.50 bits per heavy atom. The van der Waals surface area contributed by atoms with Gasteiger partial charge in [-0.05, 0) is 40.0 Å². The van der Waals surface area contributed by atoms with Gasteiger partial charge in [0.15, 0.2) is 0 Å². The van der Waals surface area contributed by atoms with Crippen LogP contribution in [0.4, 0.5) is 0 Å². The molecule has 5 heteroatoms. The minimum Gasteiger partial charge on any atom is -0.396 e. The number of halogens is 2. The monoisotopic (exact) mass is 307 g/mol. The summed E-state index contributed by atoms with van der Waals surface area (Å²) >= 11 is 9.26. The minimum absolute atomic E-state index is 0.127. The predicted molar refractivity (Wildman–Crippen MR) is 68.6 cm³/mol. The number of aliphatic hydroxyl groups excluding tert-OH is 1. The van der Waals surface area contributed by atoms with Gasteiger partial charge in [-0.15, -0.1) is 0 Å². The van der Waals surface area contributed by atoms with E-state index in [2.05, 4.69) is 15.9 Å². The lowest BCUT2D eigenvalue weighted by atomic mass is 10.1. The summed E-state index contributed by atoms with van der Waals surface area (Å²) in [6.07, 6.45) is 0.464. The van der Waals surface area contributed by atoms with Crippen molar-refractivity contribution in [2.45, 2.75) is 12.5 Å².